The minimum absolute atomic E-state index is 0.116. The molecule has 1 aliphatic heterocycles. The summed E-state index contributed by atoms with van der Waals surface area (Å²) < 4.78 is 11.5. The van der Waals surface area contributed by atoms with Crippen LogP contribution in [0.1, 0.15) is 29.8 Å². The smallest absolute Gasteiger partial charge is 0.335 e. The quantitative estimate of drug-likeness (QED) is 0.891. The van der Waals surface area contributed by atoms with Crippen LogP contribution in [-0.2, 0) is 4.79 Å². The van der Waals surface area contributed by atoms with Crippen molar-refractivity contribution in [2.24, 2.45) is 0 Å². The second-order valence-corrected chi connectivity index (χ2v) is 6.72. The topological polar surface area (TPSA) is 76.1 Å². The fraction of sp³-hybridized carbons (Fsp3) is 0.300. The SMILES string of the molecule is Cc1ccc(OCCN2C(=O)C(C)(C)Oc3cc(C(=O)O)ccc32)cc1. The van der Waals surface area contributed by atoms with E-state index in [4.69, 9.17) is 14.6 Å². The lowest BCUT2D eigenvalue weighted by atomic mass is 10.0. The van der Waals surface area contributed by atoms with Crippen LogP contribution in [0.5, 0.6) is 11.5 Å². The van der Waals surface area contributed by atoms with Gasteiger partial charge in [0.2, 0.25) is 0 Å². The molecule has 1 N–H and O–H groups in total. The number of amides is 1. The predicted molar refractivity (Wildman–Crippen MR) is 97.1 cm³/mol. The first kappa shape index (κ1) is 17.8. The molecule has 3 rings (SSSR count). The highest BCUT2D eigenvalue weighted by Crippen LogP contribution is 2.38. The van der Waals surface area contributed by atoms with Crippen molar-refractivity contribution in [1.29, 1.82) is 0 Å². The molecule has 26 heavy (non-hydrogen) atoms. The number of rotatable bonds is 5. The molecule has 0 saturated heterocycles. The van der Waals surface area contributed by atoms with E-state index in [0.29, 0.717) is 24.6 Å². The van der Waals surface area contributed by atoms with Crippen molar-refractivity contribution in [1.82, 2.24) is 0 Å². The van der Waals surface area contributed by atoms with Crippen LogP contribution in [0, 0.1) is 6.92 Å². The van der Waals surface area contributed by atoms with Gasteiger partial charge in [0, 0.05) is 0 Å². The monoisotopic (exact) mass is 355 g/mol. The molecule has 0 aromatic heterocycles. The molecular weight excluding hydrogens is 334 g/mol. The van der Waals surface area contributed by atoms with Crippen molar-refractivity contribution in [3.63, 3.8) is 0 Å². The van der Waals surface area contributed by atoms with Gasteiger partial charge in [0.15, 0.2) is 5.60 Å². The molecule has 0 fully saturated rings. The Morgan fingerprint density at radius 3 is 2.54 bits per heavy atom. The Morgan fingerprint density at radius 2 is 1.88 bits per heavy atom. The fourth-order valence-electron chi connectivity index (χ4n) is 2.82. The van der Waals surface area contributed by atoms with Crippen molar-refractivity contribution in [3.8, 4) is 11.5 Å². The first-order valence-electron chi connectivity index (χ1n) is 8.36. The lowest BCUT2D eigenvalue weighted by Crippen LogP contribution is -2.53. The van der Waals surface area contributed by atoms with Crippen LogP contribution in [-0.4, -0.2) is 35.7 Å². The van der Waals surface area contributed by atoms with Crippen molar-refractivity contribution in [2.75, 3.05) is 18.1 Å². The molecule has 0 bridgehead atoms. The first-order valence-corrected chi connectivity index (χ1v) is 8.36. The number of hydrogen-bond acceptors (Lipinski definition) is 4. The maximum atomic E-state index is 12.7. The van der Waals surface area contributed by atoms with Gasteiger partial charge in [-0.25, -0.2) is 4.79 Å². The molecule has 0 aliphatic carbocycles. The molecule has 2 aromatic carbocycles. The number of carbonyl (C=O) groups is 2. The van der Waals surface area contributed by atoms with Gasteiger partial charge in [-0.1, -0.05) is 17.7 Å². The molecule has 2 aromatic rings. The summed E-state index contributed by atoms with van der Waals surface area (Å²) in [5.41, 5.74) is 0.732. The highest BCUT2D eigenvalue weighted by molar-refractivity contribution is 6.03. The molecule has 136 valence electrons. The summed E-state index contributed by atoms with van der Waals surface area (Å²) in [6.07, 6.45) is 0. The van der Waals surface area contributed by atoms with Gasteiger partial charge in [-0.05, 0) is 51.1 Å². The number of aryl methyl sites for hydroxylation is 1. The summed E-state index contributed by atoms with van der Waals surface area (Å²) in [6, 6.07) is 12.2. The van der Waals surface area contributed by atoms with Crippen LogP contribution in [0.25, 0.3) is 0 Å². The van der Waals surface area contributed by atoms with E-state index in [-0.39, 0.29) is 11.5 Å². The van der Waals surface area contributed by atoms with E-state index in [0.717, 1.165) is 11.3 Å². The lowest BCUT2D eigenvalue weighted by Gasteiger charge is -2.38. The number of nitrogens with zero attached hydrogens (tertiary/aromatic N) is 1. The second-order valence-electron chi connectivity index (χ2n) is 6.72. The average Bonchev–Trinajstić information content (AvgIpc) is 2.59. The number of ether oxygens (including phenoxy) is 2. The molecule has 0 unspecified atom stereocenters. The van der Waals surface area contributed by atoms with Crippen LogP contribution >= 0.6 is 0 Å². The Morgan fingerprint density at radius 1 is 1.19 bits per heavy atom. The van der Waals surface area contributed by atoms with Gasteiger partial charge < -0.3 is 19.5 Å². The Kier molecular flexibility index (Phi) is 4.59. The third-order valence-electron chi connectivity index (χ3n) is 4.23. The Bertz CT molecular complexity index is 842. The van der Waals surface area contributed by atoms with Crippen molar-refractivity contribution in [2.45, 2.75) is 26.4 Å². The van der Waals surface area contributed by atoms with E-state index in [1.165, 1.54) is 12.1 Å². The number of anilines is 1. The Balaban J connectivity index is 1.80. The van der Waals surface area contributed by atoms with E-state index in [2.05, 4.69) is 0 Å². The van der Waals surface area contributed by atoms with Crippen molar-refractivity contribution in [3.05, 3.63) is 53.6 Å². The van der Waals surface area contributed by atoms with Gasteiger partial charge in [0.05, 0.1) is 17.8 Å². The zero-order valence-corrected chi connectivity index (χ0v) is 15.0. The lowest BCUT2D eigenvalue weighted by molar-refractivity contribution is -0.132. The molecule has 1 aliphatic rings. The van der Waals surface area contributed by atoms with Gasteiger partial charge in [-0.3, -0.25) is 4.79 Å². The molecule has 0 atom stereocenters. The van der Waals surface area contributed by atoms with Gasteiger partial charge in [-0.15, -0.1) is 0 Å². The number of aromatic carboxylic acids is 1. The highest BCUT2D eigenvalue weighted by Gasteiger charge is 2.41. The molecule has 6 heteroatoms. The number of carbonyl (C=O) groups excluding carboxylic acids is 1. The number of carboxylic acids is 1. The molecule has 0 saturated carbocycles. The number of hydrogen-bond donors (Lipinski definition) is 1. The van der Waals surface area contributed by atoms with E-state index < -0.39 is 11.6 Å². The highest BCUT2D eigenvalue weighted by atomic mass is 16.5. The Hall–Kier alpha value is -3.02. The van der Waals surface area contributed by atoms with Gasteiger partial charge >= 0.3 is 5.97 Å². The third-order valence-corrected chi connectivity index (χ3v) is 4.23. The summed E-state index contributed by atoms with van der Waals surface area (Å²) in [7, 11) is 0. The number of fused-ring (bicyclic) bond motifs is 1. The van der Waals surface area contributed by atoms with Gasteiger partial charge in [0.1, 0.15) is 18.1 Å². The second kappa shape index (κ2) is 6.71. The van der Waals surface area contributed by atoms with Gasteiger partial charge in [0.25, 0.3) is 5.91 Å². The van der Waals surface area contributed by atoms with E-state index in [9.17, 15) is 9.59 Å². The normalized spacial score (nSPS) is 15.2. The van der Waals surface area contributed by atoms with Crippen LogP contribution < -0.4 is 14.4 Å². The maximum absolute atomic E-state index is 12.7. The van der Waals surface area contributed by atoms with Crippen LogP contribution in [0.2, 0.25) is 0 Å². The van der Waals surface area contributed by atoms with Crippen molar-refractivity contribution < 1.29 is 24.2 Å². The molecular formula is C20H21NO5. The maximum Gasteiger partial charge on any atom is 0.335 e. The molecule has 1 amide bonds. The summed E-state index contributed by atoms with van der Waals surface area (Å²) in [4.78, 5) is 25.5. The molecule has 6 nitrogen and oxygen atoms in total. The standard InChI is InChI=1S/C20H21NO5/c1-13-4-7-15(8-5-13)25-11-10-21-16-9-6-14(18(22)23)12-17(16)26-20(2,3)19(21)24/h4-9,12H,10-11H2,1-3H3,(H,22,23). The fourth-order valence-corrected chi connectivity index (χ4v) is 2.82. The van der Waals surface area contributed by atoms with Crippen LogP contribution in [0.4, 0.5) is 5.69 Å². The number of benzene rings is 2. The largest absolute Gasteiger partial charge is 0.492 e. The molecule has 0 radical (unpaired) electrons. The summed E-state index contributed by atoms with van der Waals surface area (Å²) in [5, 5.41) is 9.17. The first-order chi connectivity index (χ1) is 12.3. The zero-order valence-electron chi connectivity index (χ0n) is 15.0. The Labute approximate surface area is 152 Å². The van der Waals surface area contributed by atoms with Crippen LogP contribution in [0.3, 0.4) is 0 Å². The average molecular weight is 355 g/mol. The van der Waals surface area contributed by atoms with Crippen molar-refractivity contribution >= 4 is 17.6 Å². The molecule has 0 spiro atoms. The van der Waals surface area contributed by atoms with E-state index in [1.54, 1.807) is 24.8 Å². The summed E-state index contributed by atoms with van der Waals surface area (Å²) >= 11 is 0. The summed E-state index contributed by atoms with van der Waals surface area (Å²) in [5.74, 6) is -0.122. The zero-order chi connectivity index (χ0) is 18.9. The van der Waals surface area contributed by atoms with E-state index >= 15 is 0 Å². The van der Waals surface area contributed by atoms with E-state index in [1.807, 2.05) is 31.2 Å². The summed E-state index contributed by atoms with van der Waals surface area (Å²) in [6.45, 7) is 5.98. The number of carboxylic acid groups (broad SMARTS) is 1. The predicted octanol–water partition coefficient (Wildman–Crippen LogP) is 3.28. The molecule has 1 heterocycles. The third kappa shape index (κ3) is 3.49. The minimum atomic E-state index is -1.08. The van der Waals surface area contributed by atoms with Gasteiger partial charge in [-0.2, -0.15) is 0 Å². The minimum Gasteiger partial charge on any atom is -0.492 e. The van der Waals surface area contributed by atoms with Crippen LogP contribution in [0.15, 0.2) is 42.5 Å².